The summed E-state index contributed by atoms with van der Waals surface area (Å²) < 4.78 is 5.38. The molecule has 0 atom stereocenters. The number of hydrogen-bond acceptors (Lipinski definition) is 3. The lowest BCUT2D eigenvalue weighted by molar-refractivity contribution is -0.137. The number of anilines is 1. The highest BCUT2D eigenvalue weighted by Crippen LogP contribution is 2.28. The zero-order valence-electron chi connectivity index (χ0n) is 10.6. The van der Waals surface area contributed by atoms with Crippen LogP contribution in [-0.4, -0.2) is 24.0 Å². The van der Waals surface area contributed by atoms with E-state index in [-0.39, 0.29) is 18.7 Å². The predicted octanol–water partition coefficient (Wildman–Crippen LogP) is 2.65. The number of amides is 1. The minimum absolute atomic E-state index is 0.00567. The first kappa shape index (κ1) is 13.1. The Labute approximate surface area is 110 Å². The first-order valence-corrected chi connectivity index (χ1v) is 6.04. The van der Waals surface area contributed by atoms with E-state index in [1.807, 2.05) is 24.3 Å². The second-order valence-corrected chi connectivity index (χ2v) is 4.32. The normalized spacial score (nSPS) is 10.6. The maximum Gasteiger partial charge on any atom is 0.303 e. The van der Waals surface area contributed by atoms with E-state index >= 15 is 0 Å². The molecule has 2 rings (SSSR count). The van der Waals surface area contributed by atoms with Crippen molar-refractivity contribution in [3.05, 3.63) is 30.5 Å². The molecule has 0 unspecified atom stereocenters. The third-order valence-corrected chi connectivity index (χ3v) is 2.98. The van der Waals surface area contributed by atoms with Crippen LogP contribution in [0.2, 0.25) is 0 Å². The third-order valence-electron chi connectivity index (χ3n) is 2.98. The van der Waals surface area contributed by atoms with Gasteiger partial charge >= 0.3 is 5.97 Å². The van der Waals surface area contributed by atoms with Gasteiger partial charge in [-0.1, -0.05) is 12.1 Å². The third kappa shape index (κ3) is 2.93. The number of carboxylic acid groups (broad SMARTS) is 1. The van der Waals surface area contributed by atoms with Gasteiger partial charge in [-0.2, -0.15) is 0 Å². The van der Waals surface area contributed by atoms with Crippen LogP contribution in [0.4, 0.5) is 5.69 Å². The zero-order valence-corrected chi connectivity index (χ0v) is 10.6. The topological polar surface area (TPSA) is 70.8 Å². The van der Waals surface area contributed by atoms with E-state index in [4.69, 9.17) is 9.52 Å². The Bertz CT molecular complexity index is 602. The van der Waals surface area contributed by atoms with Crippen molar-refractivity contribution in [2.45, 2.75) is 19.3 Å². The SMILES string of the molecule is CN(C(=O)CCCC(=O)O)c1coc2ccccc12. The van der Waals surface area contributed by atoms with E-state index in [0.717, 1.165) is 11.0 Å². The van der Waals surface area contributed by atoms with E-state index in [1.54, 1.807) is 13.3 Å². The first-order valence-electron chi connectivity index (χ1n) is 6.04. The van der Waals surface area contributed by atoms with Crippen molar-refractivity contribution >= 4 is 28.5 Å². The van der Waals surface area contributed by atoms with Gasteiger partial charge in [0.1, 0.15) is 11.8 Å². The summed E-state index contributed by atoms with van der Waals surface area (Å²) in [4.78, 5) is 23.9. The zero-order chi connectivity index (χ0) is 13.8. The van der Waals surface area contributed by atoms with Gasteiger partial charge in [0.05, 0.1) is 5.69 Å². The number of hydrogen-bond donors (Lipinski definition) is 1. The molecule has 0 spiro atoms. The summed E-state index contributed by atoms with van der Waals surface area (Å²) in [5.41, 5.74) is 1.43. The Balaban J connectivity index is 2.08. The molecule has 1 aromatic heterocycles. The maximum atomic E-state index is 12.0. The van der Waals surface area contributed by atoms with E-state index < -0.39 is 5.97 Å². The van der Waals surface area contributed by atoms with Crippen molar-refractivity contribution in [2.75, 3.05) is 11.9 Å². The lowest BCUT2D eigenvalue weighted by Crippen LogP contribution is -2.25. The minimum Gasteiger partial charge on any atom is -0.481 e. The highest BCUT2D eigenvalue weighted by molar-refractivity contribution is 6.02. The molecule has 0 fully saturated rings. The number of furan rings is 1. The number of para-hydroxylation sites is 1. The summed E-state index contributed by atoms with van der Waals surface area (Å²) in [6, 6.07) is 7.46. The predicted molar refractivity (Wildman–Crippen MR) is 71.1 cm³/mol. The van der Waals surface area contributed by atoms with Crippen LogP contribution in [-0.2, 0) is 9.59 Å². The summed E-state index contributed by atoms with van der Waals surface area (Å²) >= 11 is 0. The molecule has 5 nitrogen and oxygen atoms in total. The van der Waals surface area contributed by atoms with Gasteiger partial charge in [0.25, 0.3) is 0 Å². The number of aliphatic carboxylic acids is 1. The van der Waals surface area contributed by atoms with E-state index in [1.165, 1.54) is 4.90 Å². The van der Waals surface area contributed by atoms with Gasteiger partial charge in [0, 0.05) is 25.3 Å². The Hall–Kier alpha value is -2.30. The fourth-order valence-electron chi connectivity index (χ4n) is 1.92. The minimum atomic E-state index is -0.885. The lowest BCUT2D eigenvalue weighted by Gasteiger charge is -2.15. The molecule has 2 aromatic rings. The monoisotopic (exact) mass is 261 g/mol. The number of carboxylic acids is 1. The van der Waals surface area contributed by atoms with Gasteiger partial charge in [0.15, 0.2) is 0 Å². The highest BCUT2D eigenvalue weighted by Gasteiger charge is 2.16. The van der Waals surface area contributed by atoms with Gasteiger partial charge in [-0.3, -0.25) is 9.59 Å². The van der Waals surface area contributed by atoms with Crippen LogP contribution >= 0.6 is 0 Å². The van der Waals surface area contributed by atoms with Gasteiger partial charge in [-0.15, -0.1) is 0 Å². The second-order valence-electron chi connectivity index (χ2n) is 4.32. The second kappa shape index (κ2) is 5.56. The highest BCUT2D eigenvalue weighted by atomic mass is 16.4. The van der Waals surface area contributed by atoms with E-state index in [9.17, 15) is 9.59 Å². The molecule has 0 radical (unpaired) electrons. The molecule has 1 amide bonds. The molecule has 0 aliphatic rings. The van der Waals surface area contributed by atoms with E-state index in [2.05, 4.69) is 0 Å². The van der Waals surface area contributed by atoms with Crippen molar-refractivity contribution in [3.8, 4) is 0 Å². The molecular weight excluding hydrogens is 246 g/mol. The van der Waals surface area contributed by atoms with Crippen LogP contribution in [0.3, 0.4) is 0 Å². The Kier molecular flexibility index (Phi) is 3.85. The molecule has 19 heavy (non-hydrogen) atoms. The largest absolute Gasteiger partial charge is 0.481 e. The fraction of sp³-hybridized carbons (Fsp3) is 0.286. The van der Waals surface area contributed by atoms with E-state index in [0.29, 0.717) is 12.1 Å². The van der Waals surface area contributed by atoms with Crippen LogP contribution in [0.1, 0.15) is 19.3 Å². The van der Waals surface area contributed by atoms with Crippen molar-refractivity contribution < 1.29 is 19.1 Å². The van der Waals surface area contributed by atoms with Gasteiger partial charge in [-0.05, 0) is 18.6 Å². The van der Waals surface area contributed by atoms with Gasteiger partial charge in [-0.25, -0.2) is 0 Å². The number of carbonyl (C=O) groups is 2. The number of nitrogens with zero attached hydrogens (tertiary/aromatic N) is 1. The molecule has 0 bridgehead atoms. The van der Waals surface area contributed by atoms with Crippen molar-refractivity contribution in [3.63, 3.8) is 0 Å². The number of rotatable bonds is 5. The molecule has 1 N–H and O–H groups in total. The van der Waals surface area contributed by atoms with Gasteiger partial charge in [0.2, 0.25) is 5.91 Å². The van der Waals surface area contributed by atoms with Crippen LogP contribution in [0, 0.1) is 0 Å². The van der Waals surface area contributed by atoms with Crippen molar-refractivity contribution in [1.29, 1.82) is 0 Å². The molecule has 0 aliphatic carbocycles. The average Bonchev–Trinajstić information content (AvgIpc) is 2.81. The number of fused-ring (bicyclic) bond motifs is 1. The van der Waals surface area contributed by atoms with Crippen molar-refractivity contribution in [1.82, 2.24) is 0 Å². The smallest absolute Gasteiger partial charge is 0.303 e. The maximum absolute atomic E-state index is 12.0. The fourth-order valence-corrected chi connectivity index (χ4v) is 1.92. The molecular formula is C14H15NO4. The van der Waals surface area contributed by atoms with Crippen LogP contribution < -0.4 is 4.90 Å². The number of carbonyl (C=O) groups excluding carboxylic acids is 1. The van der Waals surface area contributed by atoms with Crippen LogP contribution in [0.25, 0.3) is 11.0 Å². The Morgan fingerprint density at radius 2 is 2.00 bits per heavy atom. The molecule has 1 heterocycles. The van der Waals surface area contributed by atoms with Crippen LogP contribution in [0.5, 0.6) is 0 Å². The summed E-state index contributed by atoms with van der Waals surface area (Å²) in [6.45, 7) is 0. The molecule has 5 heteroatoms. The summed E-state index contributed by atoms with van der Waals surface area (Å²) in [7, 11) is 1.67. The summed E-state index contributed by atoms with van der Waals surface area (Å²) in [5, 5.41) is 9.42. The standard InChI is InChI=1S/C14H15NO4/c1-15(13(16)7-4-8-14(17)18)11-9-19-12-6-3-2-5-10(11)12/h2-3,5-6,9H,4,7-8H2,1H3,(H,17,18). The summed E-state index contributed by atoms with van der Waals surface area (Å²) in [6.07, 6.45) is 2.10. The number of benzene rings is 1. The molecule has 100 valence electrons. The quantitative estimate of drug-likeness (QED) is 0.898. The Morgan fingerprint density at radius 1 is 1.26 bits per heavy atom. The first-order chi connectivity index (χ1) is 9.09. The lowest BCUT2D eigenvalue weighted by atomic mass is 10.2. The van der Waals surface area contributed by atoms with Crippen molar-refractivity contribution in [2.24, 2.45) is 0 Å². The average molecular weight is 261 g/mol. The Morgan fingerprint density at radius 3 is 2.74 bits per heavy atom. The van der Waals surface area contributed by atoms with Gasteiger partial charge < -0.3 is 14.4 Å². The van der Waals surface area contributed by atoms with Crippen LogP contribution in [0.15, 0.2) is 34.9 Å². The molecule has 0 saturated carbocycles. The molecule has 0 aliphatic heterocycles. The summed E-state index contributed by atoms with van der Waals surface area (Å²) in [5.74, 6) is -1.00. The molecule has 1 aromatic carbocycles. The molecule has 0 saturated heterocycles.